The van der Waals surface area contributed by atoms with Crippen molar-refractivity contribution < 1.29 is 0 Å². The molecular formula is C18H29N. The molecule has 0 spiro atoms. The summed E-state index contributed by atoms with van der Waals surface area (Å²) in [6.07, 6.45) is 7.48. The molecule has 1 heteroatoms. The van der Waals surface area contributed by atoms with E-state index in [-0.39, 0.29) is 0 Å². The van der Waals surface area contributed by atoms with Gasteiger partial charge in [0, 0.05) is 0 Å². The molecule has 0 aromatic heterocycles. The van der Waals surface area contributed by atoms with Crippen molar-refractivity contribution in [2.45, 2.75) is 59.3 Å². The van der Waals surface area contributed by atoms with Gasteiger partial charge in [0.05, 0.1) is 0 Å². The number of nitrogens with two attached hydrogens (primary N) is 1. The summed E-state index contributed by atoms with van der Waals surface area (Å²) in [6.45, 7) is 7.82. The van der Waals surface area contributed by atoms with Crippen LogP contribution in [0.15, 0.2) is 24.3 Å². The zero-order valence-electron chi connectivity index (χ0n) is 12.8. The van der Waals surface area contributed by atoms with Crippen LogP contribution < -0.4 is 5.73 Å². The molecule has 0 radical (unpaired) electrons. The first-order chi connectivity index (χ1) is 8.99. The Morgan fingerprint density at radius 2 is 1.47 bits per heavy atom. The van der Waals surface area contributed by atoms with E-state index >= 15 is 0 Å². The number of hydrogen-bond acceptors (Lipinski definition) is 1. The molecule has 1 nitrogen and oxygen atoms in total. The summed E-state index contributed by atoms with van der Waals surface area (Å²) in [5.41, 5.74) is 9.89. The van der Waals surface area contributed by atoms with Crippen molar-refractivity contribution in [1.82, 2.24) is 0 Å². The Bertz CT molecular complexity index is 392. The van der Waals surface area contributed by atoms with Crippen molar-refractivity contribution in [3.8, 4) is 0 Å². The first kappa shape index (κ1) is 14.6. The van der Waals surface area contributed by atoms with Crippen molar-refractivity contribution in [3.63, 3.8) is 0 Å². The molecule has 1 saturated carbocycles. The summed E-state index contributed by atoms with van der Waals surface area (Å²) in [6, 6.07) is 9.14. The van der Waals surface area contributed by atoms with Gasteiger partial charge in [-0.2, -0.15) is 0 Å². The molecule has 0 heterocycles. The van der Waals surface area contributed by atoms with Crippen molar-refractivity contribution in [1.29, 1.82) is 0 Å². The van der Waals surface area contributed by atoms with Crippen LogP contribution >= 0.6 is 0 Å². The monoisotopic (exact) mass is 259 g/mol. The highest BCUT2D eigenvalue weighted by atomic mass is 14.6. The lowest BCUT2D eigenvalue weighted by Gasteiger charge is -2.43. The van der Waals surface area contributed by atoms with Crippen LogP contribution in [0.2, 0.25) is 0 Å². The largest absolute Gasteiger partial charge is 0.330 e. The third kappa shape index (κ3) is 3.60. The van der Waals surface area contributed by atoms with Crippen LogP contribution in [0.5, 0.6) is 0 Å². The molecule has 1 aromatic carbocycles. The summed E-state index contributed by atoms with van der Waals surface area (Å²) in [7, 11) is 0. The number of aryl methyl sites for hydroxylation is 1. The van der Waals surface area contributed by atoms with Gasteiger partial charge in [0.2, 0.25) is 0 Å². The van der Waals surface area contributed by atoms with Crippen LogP contribution in [-0.4, -0.2) is 6.54 Å². The second kappa shape index (κ2) is 5.66. The van der Waals surface area contributed by atoms with Crippen molar-refractivity contribution in [3.05, 3.63) is 35.4 Å². The highest BCUT2D eigenvalue weighted by molar-refractivity contribution is 5.23. The third-order valence-corrected chi connectivity index (χ3v) is 5.11. The number of rotatable bonds is 4. The molecule has 0 unspecified atom stereocenters. The van der Waals surface area contributed by atoms with Crippen LogP contribution in [0, 0.1) is 10.8 Å². The lowest BCUT2D eigenvalue weighted by molar-refractivity contribution is 0.108. The lowest BCUT2D eigenvalue weighted by Crippen LogP contribution is -2.38. The zero-order chi connectivity index (χ0) is 13.9. The molecule has 0 atom stereocenters. The average Bonchev–Trinajstić information content (AvgIpc) is 2.42. The van der Waals surface area contributed by atoms with Gasteiger partial charge in [-0.15, -0.1) is 0 Å². The second-order valence-electron chi connectivity index (χ2n) is 7.22. The van der Waals surface area contributed by atoms with Gasteiger partial charge in [0.25, 0.3) is 0 Å². The summed E-state index contributed by atoms with van der Waals surface area (Å²) in [5.74, 6) is 0. The quantitative estimate of drug-likeness (QED) is 0.855. The molecule has 19 heavy (non-hydrogen) atoms. The predicted molar refractivity (Wildman–Crippen MR) is 83.3 cm³/mol. The summed E-state index contributed by atoms with van der Waals surface area (Å²) >= 11 is 0. The number of benzene rings is 1. The molecule has 0 amide bonds. The summed E-state index contributed by atoms with van der Waals surface area (Å²) in [5, 5.41) is 0. The Kier molecular flexibility index (Phi) is 4.35. The molecule has 106 valence electrons. The Morgan fingerprint density at radius 1 is 0.947 bits per heavy atom. The normalized spacial score (nSPS) is 21.3. The Hall–Kier alpha value is -0.820. The van der Waals surface area contributed by atoms with E-state index in [0.29, 0.717) is 10.8 Å². The van der Waals surface area contributed by atoms with E-state index in [0.717, 1.165) is 19.4 Å². The first-order valence-electron chi connectivity index (χ1n) is 7.77. The van der Waals surface area contributed by atoms with E-state index in [4.69, 9.17) is 5.73 Å². The molecule has 1 aromatic rings. The van der Waals surface area contributed by atoms with Gasteiger partial charge >= 0.3 is 0 Å². The summed E-state index contributed by atoms with van der Waals surface area (Å²) < 4.78 is 0. The minimum Gasteiger partial charge on any atom is -0.330 e. The molecular weight excluding hydrogens is 230 g/mol. The van der Waals surface area contributed by atoms with Gasteiger partial charge in [-0.1, -0.05) is 45.0 Å². The van der Waals surface area contributed by atoms with Crippen LogP contribution in [0.1, 0.15) is 57.6 Å². The second-order valence-corrected chi connectivity index (χ2v) is 7.22. The molecule has 1 aliphatic carbocycles. The van der Waals surface area contributed by atoms with Gasteiger partial charge in [-0.3, -0.25) is 0 Å². The van der Waals surface area contributed by atoms with E-state index in [1.165, 1.54) is 36.8 Å². The predicted octanol–water partition coefficient (Wildman–Crippen LogP) is 4.34. The fourth-order valence-corrected chi connectivity index (χ4v) is 3.24. The highest BCUT2D eigenvalue weighted by Crippen LogP contribution is 2.46. The van der Waals surface area contributed by atoms with Gasteiger partial charge in [-0.25, -0.2) is 0 Å². The maximum Gasteiger partial charge on any atom is -0.00173 e. The van der Waals surface area contributed by atoms with E-state index in [2.05, 4.69) is 45.0 Å². The average molecular weight is 259 g/mol. The van der Waals surface area contributed by atoms with Crippen LogP contribution in [0.3, 0.4) is 0 Å². The van der Waals surface area contributed by atoms with Crippen LogP contribution in [0.4, 0.5) is 0 Å². The highest BCUT2D eigenvalue weighted by Gasteiger charge is 2.37. The van der Waals surface area contributed by atoms with E-state index in [1.807, 2.05) is 0 Å². The van der Waals surface area contributed by atoms with Crippen LogP contribution in [-0.2, 0) is 12.8 Å². The minimum atomic E-state index is 0.350. The maximum atomic E-state index is 6.13. The molecule has 0 saturated heterocycles. The minimum absolute atomic E-state index is 0.350. The number of hydrogen-bond donors (Lipinski definition) is 1. The SMILES string of the molecule is CCc1ccc(CC2(CN)CCC(C)(C)CC2)cc1. The summed E-state index contributed by atoms with van der Waals surface area (Å²) in [4.78, 5) is 0. The molecule has 0 bridgehead atoms. The first-order valence-corrected chi connectivity index (χ1v) is 7.77. The van der Waals surface area contributed by atoms with E-state index in [9.17, 15) is 0 Å². The third-order valence-electron chi connectivity index (χ3n) is 5.11. The van der Waals surface area contributed by atoms with Gasteiger partial charge in [0.15, 0.2) is 0 Å². The molecule has 1 fully saturated rings. The molecule has 2 N–H and O–H groups in total. The van der Waals surface area contributed by atoms with E-state index < -0.39 is 0 Å². The zero-order valence-corrected chi connectivity index (χ0v) is 12.8. The molecule has 2 rings (SSSR count). The van der Waals surface area contributed by atoms with Crippen molar-refractivity contribution in [2.75, 3.05) is 6.54 Å². The maximum absolute atomic E-state index is 6.13. The smallest absolute Gasteiger partial charge is 0.00173 e. The standard InChI is InChI=1S/C18H29N/c1-4-15-5-7-16(8-6-15)13-18(14-19)11-9-17(2,3)10-12-18/h5-8H,4,9-14,19H2,1-3H3. The van der Waals surface area contributed by atoms with Crippen LogP contribution in [0.25, 0.3) is 0 Å². The topological polar surface area (TPSA) is 26.0 Å². The Labute approximate surface area is 118 Å². The Balaban J connectivity index is 2.06. The van der Waals surface area contributed by atoms with Crippen molar-refractivity contribution in [2.24, 2.45) is 16.6 Å². The lowest BCUT2D eigenvalue weighted by atomic mass is 9.63. The molecule has 1 aliphatic rings. The van der Waals surface area contributed by atoms with Gasteiger partial charge < -0.3 is 5.73 Å². The fraction of sp³-hybridized carbons (Fsp3) is 0.667. The van der Waals surface area contributed by atoms with Crippen molar-refractivity contribution >= 4 is 0 Å². The Morgan fingerprint density at radius 3 is 1.95 bits per heavy atom. The van der Waals surface area contributed by atoms with Gasteiger partial charge in [0.1, 0.15) is 0 Å². The van der Waals surface area contributed by atoms with Gasteiger partial charge in [-0.05, 0) is 67.0 Å². The fourth-order valence-electron chi connectivity index (χ4n) is 3.24. The molecule has 0 aliphatic heterocycles. The van der Waals surface area contributed by atoms with E-state index in [1.54, 1.807) is 0 Å².